The van der Waals surface area contributed by atoms with Crippen LogP contribution in [0.4, 0.5) is 9.59 Å². The third-order valence-electron chi connectivity index (χ3n) is 2.26. The molecular weight excluding hydrogens is 505 g/mol. The molecule has 4 amide bonds. The number of carbonyl (C=O) groups is 4. The van der Waals surface area contributed by atoms with Gasteiger partial charge in [-0.05, 0) is 20.1 Å². The van der Waals surface area contributed by atoms with E-state index in [0.717, 1.165) is 11.8 Å². The van der Waals surface area contributed by atoms with E-state index in [2.05, 4.69) is 43.2 Å². The number of hydrogen-bond donors (Lipinski definition) is 7. The number of hydrogen-bond acceptors (Lipinski definition) is 10. The van der Waals surface area contributed by atoms with Gasteiger partial charge in [0.25, 0.3) is 11.8 Å². The van der Waals surface area contributed by atoms with Crippen molar-refractivity contribution in [3.05, 3.63) is 0 Å². The van der Waals surface area contributed by atoms with E-state index in [1.165, 1.54) is 33.1 Å². The second kappa shape index (κ2) is 19.1. The molecule has 19 heteroatoms. The maximum Gasteiger partial charge on any atom is 0.433 e. The Kier molecular flexibility index (Phi) is 20.4. The summed E-state index contributed by atoms with van der Waals surface area (Å²) < 4.78 is 10.0. The molecule has 7 N–H and O–H groups in total. The van der Waals surface area contributed by atoms with Crippen molar-refractivity contribution >= 4 is 66.2 Å². The number of carbonyl (C=O) groups excluding carboxylic acids is 4. The summed E-state index contributed by atoms with van der Waals surface area (Å²) in [6.45, 7) is 3.33. The lowest BCUT2D eigenvalue weighted by molar-refractivity contribution is -0.121. The van der Waals surface area contributed by atoms with Gasteiger partial charge in [0.15, 0.2) is 5.04 Å². The second-order valence-electron chi connectivity index (χ2n) is 5.66. The first-order valence-corrected chi connectivity index (χ1v) is 11.8. The molecule has 0 aliphatic rings. The summed E-state index contributed by atoms with van der Waals surface area (Å²) in [5, 5.41) is 12.5. The van der Waals surface area contributed by atoms with Gasteiger partial charge in [-0.25, -0.2) is 19.2 Å². The largest absolute Gasteiger partial charge is 0.433 e. The van der Waals surface area contributed by atoms with Crippen LogP contribution in [0.1, 0.15) is 13.8 Å². The Bertz CT molecular complexity index is 757. The molecule has 0 atom stereocenters. The van der Waals surface area contributed by atoms with E-state index in [-0.39, 0.29) is 16.1 Å². The van der Waals surface area contributed by atoms with Crippen molar-refractivity contribution in [3.63, 3.8) is 0 Å². The number of primary amides is 1. The molecular formula is C14H30N7O9PS2. The lowest BCUT2D eigenvalue weighted by atomic mass is 10.4. The lowest BCUT2D eigenvalue weighted by Crippen LogP contribution is -2.27. The predicted octanol–water partition coefficient (Wildman–Crippen LogP) is -0.745. The number of oxime groups is 2. The van der Waals surface area contributed by atoms with Gasteiger partial charge >= 0.3 is 19.9 Å². The van der Waals surface area contributed by atoms with E-state index >= 15 is 0 Å². The zero-order valence-electron chi connectivity index (χ0n) is 19.1. The fourth-order valence-corrected chi connectivity index (χ4v) is 2.24. The van der Waals surface area contributed by atoms with Gasteiger partial charge in [-0.2, -0.15) is 0 Å². The van der Waals surface area contributed by atoms with Crippen LogP contribution in [0, 0.1) is 0 Å². The fourth-order valence-electron chi connectivity index (χ4n) is 1.02. The van der Waals surface area contributed by atoms with E-state index in [1.807, 2.05) is 5.09 Å². The number of nitrogens with one attached hydrogen (secondary N) is 3. The molecule has 0 heterocycles. The van der Waals surface area contributed by atoms with E-state index in [4.69, 9.17) is 15.5 Å². The molecule has 0 unspecified atom stereocenters. The van der Waals surface area contributed by atoms with Crippen molar-refractivity contribution in [1.82, 2.24) is 20.6 Å². The summed E-state index contributed by atoms with van der Waals surface area (Å²) in [5.41, 5.74) is 4.87. The summed E-state index contributed by atoms with van der Waals surface area (Å²) in [6, 6.07) is -0.171. The van der Waals surface area contributed by atoms with Gasteiger partial charge in [0.2, 0.25) is 5.04 Å². The molecule has 33 heavy (non-hydrogen) atoms. The van der Waals surface area contributed by atoms with Gasteiger partial charge in [0, 0.05) is 34.2 Å². The van der Waals surface area contributed by atoms with Crippen molar-refractivity contribution in [1.29, 1.82) is 0 Å². The Labute approximate surface area is 200 Å². The highest BCUT2D eigenvalue weighted by molar-refractivity contribution is 8.15. The van der Waals surface area contributed by atoms with Gasteiger partial charge in [-0.3, -0.25) is 19.3 Å². The average Bonchev–Trinajstić information content (AvgIpc) is 2.69. The smallest absolute Gasteiger partial charge is 0.364 e. The molecule has 0 aliphatic carbocycles. The van der Waals surface area contributed by atoms with Crippen molar-refractivity contribution in [3.8, 4) is 0 Å². The maximum atomic E-state index is 11.1. The van der Waals surface area contributed by atoms with Gasteiger partial charge in [-0.1, -0.05) is 10.3 Å². The molecule has 0 aromatic heterocycles. The summed E-state index contributed by atoms with van der Waals surface area (Å²) in [4.78, 5) is 68.6. The highest BCUT2D eigenvalue weighted by atomic mass is 32.2. The minimum Gasteiger partial charge on any atom is -0.364 e. The van der Waals surface area contributed by atoms with E-state index in [9.17, 15) is 23.7 Å². The van der Waals surface area contributed by atoms with Crippen LogP contribution in [0.3, 0.4) is 0 Å². The van der Waals surface area contributed by atoms with Crippen LogP contribution >= 0.6 is 32.1 Å². The van der Waals surface area contributed by atoms with Crippen molar-refractivity contribution in [2.24, 2.45) is 16.0 Å². The Hall–Kier alpha value is -2.37. The number of thiol groups is 1. The fraction of sp³-hybridized carbons (Fsp3) is 0.571. The van der Waals surface area contributed by atoms with E-state index < -0.39 is 31.7 Å². The van der Waals surface area contributed by atoms with Crippen LogP contribution in [0.25, 0.3) is 0 Å². The molecule has 0 saturated heterocycles. The molecule has 16 nitrogen and oxygen atoms in total. The lowest BCUT2D eigenvalue weighted by Gasteiger charge is -2.07. The third-order valence-corrected chi connectivity index (χ3v) is 4.05. The number of rotatable bonds is 5. The quantitative estimate of drug-likeness (QED) is 0.0578. The Morgan fingerprint density at radius 3 is 1.73 bits per heavy atom. The molecule has 192 valence electrons. The standard InChI is InChI=1S/C6H11N3O3S.C5H9N3O3S.C3H10NO3P/c1-7-6(11)12-8-4(13)5(10)9(2)3;1-7-5(10)11-8-4(12-2)3(6)9;1-3(2)4-8(5,6)7/h1-3H3,(H,7,11)(H,8,13);1-2H3,(H2,6,9)(H,7,10);3H,1-2H3,(H3,4,5,6,7). The molecule has 0 aromatic rings. The summed E-state index contributed by atoms with van der Waals surface area (Å²) >= 11 is 4.73. The van der Waals surface area contributed by atoms with Crippen LogP contribution in [0.15, 0.2) is 10.3 Å². The molecule has 0 fully saturated rings. The van der Waals surface area contributed by atoms with Crippen molar-refractivity contribution < 1.29 is 43.2 Å². The number of nitrogens with zero attached hydrogens (tertiary/aromatic N) is 3. The topological polar surface area (TPSA) is 234 Å². The van der Waals surface area contributed by atoms with Gasteiger partial charge in [0.1, 0.15) is 0 Å². The van der Waals surface area contributed by atoms with Gasteiger partial charge in [0.05, 0.1) is 0 Å². The SMILES string of the molecule is CC(C)NP(=O)(O)O.CNC(=O)ON=C(S)C(=O)N(C)C.CNC(=O)ON=C(SC)C(N)=O. The highest BCUT2D eigenvalue weighted by Crippen LogP contribution is 2.28. The van der Waals surface area contributed by atoms with Gasteiger partial charge in [-0.15, -0.1) is 24.4 Å². The first kappa shape index (κ1) is 35.2. The maximum absolute atomic E-state index is 11.1. The normalized spacial score (nSPS) is 11.1. The number of amides is 4. The number of nitrogens with two attached hydrogens (primary N) is 1. The zero-order chi connectivity index (χ0) is 26.8. The van der Waals surface area contributed by atoms with Crippen LogP contribution in [0.5, 0.6) is 0 Å². The Balaban J connectivity index is -0.000000421. The van der Waals surface area contributed by atoms with Gasteiger partial charge < -0.3 is 31.1 Å². The van der Waals surface area contributed by atoms with E-state index in [0.29, 0.717) is 0 Å². The molecule has 0 bridgehead atoms. The Morgan fingerprint density at radius 2 is 1.48 bits per heavy atom. The molecule has 0 spiro atoms. The molecule has 0 saturated carbocycles. The van der Waals surface area contributed by atoms with Crippen molar-refractivity contribution in [2.75, 3.05) is 34.4 Å². The van der Waals surface area contributed by atoms with E-state index in [1.54, 1.807) is 20.1 Å². The van der Waals surface area contributed by atoms with Crippen LogP contribution in [0.2, 0.25) is 0 Å². The molecule has 0 rings (SSSR count). The first-order valence-electron chi connectivity index (χ1n) is 8.53. The average molecular weight is 536 g/mol. The third kappa shape index (κ3) is 24.1. The minimum absolute atomic E-state index is 0.0569. The van der Waals surface area contributed by atoms with Crippen LogP contribution < -0.4 is 21.5 Å². The molecule has 0 aliphatic heterocycles. The van der Waals surface area contributed by atoms with Crippen LogP contribution in [-0.4, -0.2) is 89.3 Å². The minimum atomic E-state index is -3.97. The predicted molar refractivity (Wildman–Crippen MR) is 127 cm³/mol. The summed E-state index contributed by atoms with van der Waals surface area (Å²) in [6.07, 6.45) is 0.0949. The highest BCUT2D eigenvalue weighted by Gasteiger charge is 2.12. The van der Waals surface area contributed by atoms with Crippen LogP contribution in [-0.2, 0) is 23.8 Å². The second-order valence-corrected chi connectivity index (χ2v) is 8.23. The molecule has 0 aromatic carbocycles. The summed E-state index contributed by atoms with van der Waals surface area (Å²) in [5.74, 6) is -1.17. The number of thioether (sulfide) groups is 1. The zero-order valence-corrected chi connectivity index (χ0v) is 21.7. The van der Waals surface area contributed by atoms with Crippen molar-refractivity contribution in [2.45, 2.75) is 19.9 Å². The first-order chi connectivity index (χ1) is 15.0. The monoisotopic (exact) mass is 535 g/mol. The molecule has 0 radical (unpaired) electrons. The Morgan fingerprint density at radius 1 is 1.06 bits per heavy atom. The summed E-state index contributed by atoms with van der Waals surface area (Å²) in [7, 11) is 1.85.